The van der Waals surface area contributed by atoms with Gasteiger partial charge in [0.15, 0.2) is 0 Å². The SMILES string of the molecule is CC[C@@H]1CN(c2ccc([N+](=O)[O-])c(C)c2)[C@@H](C(F)(F)F)O1. The first-order chi connectivity index (χ1) is 9.74. The number of halogens is 3. The van der Waals surface area contributed by atoms with Gasteiger partial charge in [-0.05, 0) is 25.5 Å². The maximum absolute atomic E-state index is 13.0. The molecule has 1 heterocycles. The molecular weight excluding hydrogens is 289 g/mol. The fourth-order valence-corrected chi connectivity index (χ4v) is 2.36. The number of benzene rings is 1. The maximum atomic E-state index is 13.0. The molecule has 0 spiro atoms. The van der Waals surface area contributed by atoms with Crippen LogP contribution < -0.4 is 4.90 Å². The van der Waals surface area contributed by atoms with Crippen molar-refractivity contribution in [1.82, 2.24) is 0 Å². The van der Waals surface area contributed by atoms with E-state index < -0.39 is 23.4 Å². The van der Waals surface area contributed by atoms with Crippen molar-refractivity contribution in [2.45, 2.75) is 38.8 Å². The van der Waals surface area contributed by atoms with Crippen LogP contribution in [-0.4, -0.2) is 30.0 Å². The Hall–Kier alpha value is -1.83. The zero-order valence-corrected chi connectivity index (χ0v) is 11.6. The number of nitro benzene ring substituents is 1. The van der Waals surface area contributed by atoms with Gasteiger partial charge in [0.1, 0.15) is 0 Å². The predicted molar refractivity (Wildman–Crippen MR) is 70.2 cm³/mol. The molecule has 0 aliphatic carbocycles. The van der Waals surface area contributed by atoms with E-state index in [1.165, 1.54) is 25.1 Å². The minimum Gasteiger partial charge on any atom is -0.345 e. The van der Waals surface area contributed by atoms with Crippen molar-refractivity contribution in [3.05, 3.63) is 33.9 Å². The molecule has 1 aromatic rings. The summed E-state index contributed by atoms with van der Waals surface area (Å²) in [6.07, 6.45) is -6.57. The van der Waals surface area contributed by atoms with Crippen LogP contribution in [0.15, 0.2) is 18.2 Å². The Bertz CT molecular complexity index is 548. The van der Waals surface area contributed by atoms with Crippen molar-refractivity contribution in [3.8, 4) is 0 Å². The highest BCUT2D eigenvalue weighted by molar-refractivity contribution is 5.56. The summed E-state index contributed by atoms with van der Waals surface area (Å²) in [5, 5.41) is 10.8. The summed E-state index contributed by atoms with van der Waals surface area (Å²) in [4.78, 5) is 11.3. The number of alkyl halides is 3. The van der Waals surface area contributed by atoms with Gasteiger partial charge >= 0.3 is 6.18 Å². The zero-order chi connectivity index (χ0) is 15.8. The van der Waals surface area contributed by atoms with Gasteiger partial charge < -0.3 is 9.64 Å². The molecule has 1 aliphatic rings. The molecule has 21 heavy (non-hydrogen) atoms. The fraction of sp³-hybridized carbons (Fsp3) is 0.538. The van der Waals surface area contributed by atoms with Crippen LogP contribution >= 0.6 is 0 Å². The minimum atomic E-state index is -4.51. The van der Waals surface area contributed by atoms with E-state index in [0.717, 1.165) is 4.90 Å². The number of ether oxygens (including phenoxy) is 1. The molecule has 0 bridgehead atoms. The molecule has 1 fully saturated rings. The lowest BCUT2D eigenvalue weighted by Gasteiger charge is -2.26. The Morgan fingerprint density at radius 1 is 1.48 bits per heavy atom. The standard InChI is InChI=1S/C13H15F3N2O3/c1-3-10-7-17(12(21-10)13(14,15)16)9-4-5-11(18(19)20)8(2)6-9/h4-6,10,12H,3,7H2,1-2H3/t10-,12-/m1/s1. The second-order valence-electron chi connectivity index (χ2n) is 4.94. The highest BCUT2D eigenvalue weighted by atomic mass is 19.4. The van der Waals surface area contributed by atoms with Gasteiger partial charge in [-0.3, -0.25) is 10.1 Å². The lowest BCUT2D eigenvalue weighted by molar-refractivity contribution is -0.385. The first kappa shape index (κ1) is 15.6. The van der Waals surface area contributed by atoms with Crippen LogP contribution in [0.25, 0.3) is 0 Å². The molecular formula is C13H15F3N2O3. The van der Waals surface area contributed by atoms with Crippen molar-refractivity contribution in [1.29, 1.82) is 0 Å². The largest absolute Gasteiger partial charge is 0.433 e. The van der Waals surface area contributed by atoms with Crippen molar-refractivity contribution in [2.24, 2.45) is 0 Å². The molecule has 2 rings (SSSR count). The molecule has 0 radical (unpaired) electrons. The number of nitrogens with zero attached hydrogens (tertiary/aromatic N) is 2. The molecule has 1 aromatic carbocycles. The summed E-state index contributed by atoms with van der Waals surface area (Å²) in [5.41, 5.74) is 0.476. The van der Waals surface area contributed by atoms with E-state index in [9.17, 15) is 23.3 Å². The van der Waals surface area contributed by atoms with E-state index in [0.29, 0.717) is 12.0 Å². The summed E-state index contributed by atoms with van der Waals surface area (Å²) in [7, 11) is 0. The van der Waals surface area contributed by atoms with Crippen LogP contribution in [0.5, 0.6) is 0 Å². The van der Waals surface area contributed by atoms with Crippen molar-refractivity contribution in [2.75, 3.05) is 11.4 Å². The Labute approximate surface area is 119 Å². The Balaban J connectivity index is 2.35. The van der Waals surface area contributed by atoms with Crippen molar-refractivity contribution >= 4 is 11.4 Å². The van der Waals surface area contributed by atoms with E-state index >= 15 is 0 Å². The normalized spacial score (nSPS) is 22.6. The third kappa shape index (κ3) is 3.10. The Morgan fingerprint density at radius 3 is 2.62 bits per heavy atom. The van der Waals surface area contributed by atoms with Gasteiger partial charge in [0.2, 0.25) is 6.23 Å². The summed E-state index contributed by atoms with van der Waals surface area (Å²) in [5.74, 6) is 0. The summed E-state index contributed by atoms with van der Waals surface area (Å²) in [6.45, 7) is 3.36. The molecule has 0 unspecified atom stereocenters. The minimum absolute atomic E-state index is 0.109. The van der Waals surface area contributed by atoms with Crippen LogP contribution in [0.1, 0.15) is 18.9 Å². The van der Waals surface area contributed by atoms with Crippen LogP contribution in [0, 0.1) is 17.0 Å². The highest BCUT2D eigenvalue weighted by Crippen LogP contribution is 2.36. The maximum Gasteiger partial charge on any atom is 0.433 e. The zero-order valence-electron chi connectivity index (χ0n) is 11.6. The van der Waals surface area contributed by atoms with Gasteiger partial charge in [0.05, 0.1) is 11.0 Å². The highest BCUT2D eigenvalue weighted by Gasteiger charge is 2.50. The fourth-order valence-electron chi connectivity index (χ4n) is 2.36. The first-order valence-corrected chi connectivity index (χ1v) is 6.48. The van der Waals surface area contributed by atoms with E-state index in [1.807, 2.05) is 0 Å². The third-order valence-electron chi connectivity index (χ3n) is 3.45. The van der Waals surface area contributed by atoms with Crippen LogP contribution in [0.3, 0.4) is 0 Å². The van der Waals surface area contributed by atoms with Gasteiger partial charge in [-0.2, -0.15) is 13.2 Å². The molecule has 1 aliphatic heterocycles. The number of aryl methyl sites for hydroxylation is 1. The molecule has 0 saturated carbocycles. The summed E-state index contributed by atoms with van der Waals surface area (Å²) >= 11 is 0. The van der Waals surface area contributed by atoms with Crippen LogP contribution in [0.2, 0.25) is 0 Å². The first-order valence-electron chi connectivity index (χ1n) is 6.48. The topological polar surface area (TPSA) is 55.6 Å². The lowest BCUT2D eigenvalue weighted by atomic mass is 10.1. The van der Waals surface area contributed by atoms with Crippen molar-refractivity contribution in [3.63, 3.8) is 0 Å². The number of hydrogen-bond acceptors (Lipinski definition) is 4. The second kappa shape index (κ2) is 5.51. The average Bonchev–Trinajstić information content (AvgIpc) is 2.82. The van der Waals surface area contributed by atoms with E-state index in [1.54, 1.807) is 6.92 Å². The van der Waals surface area contributed by atoms with Gasteiger partial charge in [-0.25, -0.2) is 0 Å². The number of rotatable bonds is 3. The monoisotopic (exact) mass is 304 g/mol. The summed E-state index contributed by atoms with van der Waals surface area (Å²) in [6, 6.07) is 3.93. The van der Waals surface area contributed by atoms with Gasteiger partial charge in [0, 0.05) is 23.9 Å². The van der Waals surface area contributed by atoms with Crippen LogP contribution in [-0.2, 0) is 4.74 Å². The molecule has 8 heteroatoms. The Kier molecular flexibility index (Phi) is 4.08. The smallest absolute Gasteiger partial charge is 0.345 e. The Morgan fingerprint density at radius 2 is 2.14 bits per heavy atom. The average molecular weight is 304 g/mol. The van der Waals surface area contributed by atoms with E-state index in [2.05, 4.69) is 0 Å². The molecule has 1 saturated heterocycles. The number of anilines is 1. The molecule has 0 N–H and O–H groups in total. The van der Waals surface area contributed by atoms with Gasteiger partial charge in [-0.15, -0.1) is 0 Å². The van der Waals surface area contributed by atoms with Crippen LogP contribution in [0.4, 0.5) is 24.5 Å². The second-order valence-corrected chi connectivity index (χ2v) is 4.94. The predicted octanol–water partition coefficient (Wildman–Crippen LogP) is 3.41. The van der Waals surface area contributed by atoms with Gasteiger partial charge in [-0.1, -0.05) is 6.92 Å². The summed E-state index contributed by atoms with van der Waals surface area (Å²) < 4.78 is 44.1. The number of hydrogen-bond donors (Lipinski definition) is 0. The quantitative estimate of drug-likeness (QED) is 0.634. The molecule has 5 nitrogen and oxygen atoms in total. The molecule has 116 valence electrons. The van der Waals surface area contributed by atoms with Crippen molar-refractivity contribution < 1.29 is 22.8 Å². The molecule has 0 amide bonds. The lowest BCUT2D eigenvalue weighted by Crippen LogP contribution is -2.42. The van der Waals surface area contributed by atoms with Gasteiger partial charge in [0.25, 0.3) is 5.69 Å². The van der Waals surface area contributed by atoms with E-state index in [4.69, 9.17) is 4.74 Å². The third-order valence-corrected chi connectivity index (χ3v) is 3.45. The molecule has 0 aromatic heterocycles. The van der Waals surface area contributed by atoms with E-state index in [-0.39, 0.29) is 17.9 Å². The molecule has 2 atom stereocenters. The number of nitro groups is 1.